The second-order valence-electron chi connectivity index (χ2n) is 6.37. The molecule has 0 aliphatic carbocycles. The van der Waals surface area contributed by atoms with Crippen LogP contribution >= 0.6 is 0 Å². The summed E-state index contributed by atoms with van der Waals surface area (Å²) in [6.07, 6.45) is 19.8. The monoisotopic (exact) mass is 331 g/mol. The summed E-state index contributed by atoms with van der Waals surface area (Å²) in [5, 5.41) is 3.95. The zero-order valence-electron chi connectivity index (χ0n) is 15.2. The van der Waals surface area contributed by atoms with Gasteiger partial charge in [0.05, 0.1) is 6.21 Å². The van der Waals surface area contributed by atoms with E-state index >= 15 is 0 Å². The van der Waals surface area contributed by atoms with Crippen molar-refractivity contribution in [3.05, 3.63) is 30.1 Å². The van der Waals surface area contributed by atoms with Crippen LogP contribution in [0.3, 0.4) is 0 Å². The Labute approximate surface area is 147 Å². The summed E-state index contributed by atoms with van der Waals surface area (Å²) in [6.45, 7) is 2.26. The highest BCUT2D eigenvalue weighted by molar-refractivity contribution is 5.81. The number of nitrogens with zero attached hydrogens (tertiary/aromatic N) is 2. The van der Waals surface area contributed by atoms with Crippen LogP contribution in [0.1, 0.15) is 89.5 Å². The van der Waals surface area contributed by atoms with Crippen molar-refractivity contribution in [2.24, 2.45) is 5.10 Å². The summed E-state index contributed by atoms with van der Waals surface area (Å²) in [4.78, 5) is 15.6. The van der Waals surface area contributed by atoms with E-state index in [1.54, 1.807) is 18.6 Å². The van der Waals surface area contributed by atoms with Crippen LogP contribution in [0.15, 0.2) is 29.6 Å². The van der Waals surface area contributed by atoms with Gasteiger partial charge in [-0.2, -0.15) is 5.10 Å². The van der Waals surface area contributed by atoms with Crippen molar-refractivity contribution in [1.29, 1.82) is 0 Å². The number of carbonyl (C=O) groups is 1. The Balaban J connectivity index is 1.88. The zero-order chi connectivity index (χ0) is 17.3. The third-order valence-electron chi connectivity index (χ3n) is 4.09. The first kappa shape index (κ1) is 20.3. The van der Waals surface area contributed by atoms with E-state index in [9.17, 15) is 4.79 Å². The second-order valence-corrected chi connectivity index (χ2v) is 6.37. The number of hydrazone groups is 1. The third-order valence-corrected chi connectivity index (χ3v) is 4.09. The topological polar surface area (TPSA) is 54.4 Å². The first-order valence-electron chi connectivity index (χ1n) is 9.55. The number of rotatable bonds is 14. The van der Waals surface area contributed by atoms with Gasteiger partial charge in [0.25, 0.3) is 0 Å². The fourth-order valence-electron chi connectivity index (χ4n) is 2.64. The highest BCUT2D eigenvalue weighted by atomic mass is 16.2. The molecule has 0 saturated heterocycles. The van der Waals surface area contributed by atoms with Crippen LogP contribution in [0.25, 0.3) is 0 Å². The lowest BCUT2D eigenvalue weighted by Gasteiger charge is -2.02. The molecule has 0 bridgehead atoms. The van der Waals surface area contributed by atoms with Crippen LogP contribution in [0, 0.1) is 0 Å². The molecule has 4 heteroatoms. The van der Waals surface area contributed by atoms with Crippen LogP contribution in [-0.4, -0.2) is 17.1 Å². The predicted molar refractivity (Wildman–Crippen MR) is 101 cm³/mol. The molecule has 4 nitrogen and oxygen atoms in total. The number of carbonyl (C=O) groups excluding carboxylic acids is 1. The van der Waals surface area contributed by atoms with Crippen LogP contribution < -0.4 is 5.43 Å². The maximum absolute atomic E-state index is 11.7. The SMILES string of the molecule is CCCCCCCCCCCCCC(=O)N/N=C/c1cccnc1. The molecule has 0 unspecified atom stereocenters. The van der Waals surface area contributed by atoms with Crippen LogP contribution in [0.2, 0.25) is 0 Å². The van der Waals surface area contributed by atoms with Gasteiger partial charge in [-0.1, -0.05) is 77.2 Å². The molecule has 24 heavy (non-hydrogen) atoms. The maximum atomic E-state index is 11.7. The highest BCUT2D eigenvalue weighted by Crippen LogP contribution is 2.11. The van der Waals surface area contributed by atoms with E-state index in [2.05, 4.69) is 22.4 Å². The lowest BCUT2D eigenvalue weighted by atomic mass is 10.1. The van der Waals surface area contributed by atoms with E-state index in [1.165, 1.54) is 57.8 Å². The van der Waals surface area contributed by atoms with Gasteiger partial charge in [-0.3, -0.25) is 9.78 Å². The molecule has 1 N–H and O–H groups in total. The summed E-state index contributed by atoms with van der Waals surface area (Å²) in [5.41, 5.74) is 3.45. The molecule has 0 aliphatic heterocycles. The molecular formula is C20H33N3O. The highest BCUT2D eigenvalue weighted by Gasteiger charge is 1.99. The fourth-order valence-corrected chi connectivity index (χ4v) is 2.64. The largest absolute Gasteiger partial charge is 0.273 e. The number of hydrogen-bond acceptors (Lipinski definition) is 3. The normalized spacial score (nSPS) is 11.0. The van der Waals surface area contributed by atoms with Crippen molar-refractivity contribution >= 4 is 12.1 Å². The summed E-state index contributed by atoms with van der Waals surface area (Å²) in [5.74, 6) is -0.00827. The first-order valence-corrected chi connectivity index (χ1v) is 9.55. The molecule has 0 aliphatic rings. The number of nitrogens with one attached hydrogen (secondary N) is 1. The van der Waals surface area contributed by atoms with Crippen molar-refractivity contribution in [2.75, 3.05) is 0 Å². The van der Waals surface area contributed by atoms with E-state index in [0.29, 0.717) is 6.42 Å². The Bertz CT molecular complexity index is 445. The molecule has 1 rings (SSSR count). The van der Waals surface area contributed by atoms with Gasteiger partial charge in [0.15, 0.2) is 0 Å². The Morgan fingerprint density at radius 3 is 2.25 bits per heavy atom. The number of hydrogen-bond donors (Lipinski definition) is 1. The summed E-state index contributed by atoms with van der Waals surface area (Å²) in [6, 6.07) is 3.74. The molecule has 1 aromatic rings. The Morgan fingerprint density at radius 2 is 1.67 bits per heavy atom. The average molecular weight is 332 g/mol. The van der Waals surface area contributed by atoms with E-state index in [0.717, 1.165) is 18.4 Å². The molecule has 134 valence electrons. The molecule has 0 atom stereocenters. The van der Waals surface area contributed by atoms with Crippen LogP contribution in [0.4, 0.5) is 0 Å². The van der Waals surface area contributed by atoms with Gasteiger partial charge in [-0.15, -0.1) is 0 Å². The number of pyridine rings is 1. The van der Waals surface area contributed by atoms with E-state index < -0.39 is 0 Å². The van der Waals surface area contributed by atoms with Crippen LogP contribution in [-0.2, 0) is 4.79 Å². The molecular weight excluding hydrogens is 298 g/mol. The lowest BCUT2D eigenvalue weighted by Crippen LogP contribution is -2.16. The fraction of sp³-hybridized carbons (Fsp3) is 0.650. The molecule has 1 amide bonds. The molecule has 0 spiro atoms. The van der Waals surface area contributed by atoms with Gasteiger partial charge < -0.3 is 0 Å². The minimum Gasteiger partial charge on any atom is -0.273 e. The van der Waals surface area contributed by atoms with E-state index in [1.807, 2.05) is 12.1 Å². The standard InChI is InChI=1S/C20H33N3O/c1-2-3-4-5-6-7-8-9-10-11-12-15-20(24)23-22-18-19-14-13-16-21-17-19/h13-14,16-18H,2-12,15H2,1H3,(H,23,24)/b22-18+. The summed E-state index contributed by atoms with van der Waals surface area (Å²) >= 11 is 0. The van der Waals surface area contributed by atoms with E-state index in [-0.39, 0.29) is 5.91 Å². The summed E-state index contributed by atoms with van der Waals surface area (Å²) in [7, 11) is 0. The number of amides is 1. The lowest BCUT2D eigenvalue weighted by molar-refractivity contribution is -0.121. The van der Waals surface area contributed by atoms with Gasteiger partial charge in [-0.25, -0.2) is 5.43 Å². The van der Waals surface area contributed by atoms with Crippen molar-refractivity contribution < 1.29 is 4.79 Å². The predicted octanol–water partition coefficient (Wildman–Crippen LogP) is 5.23. The van der Waals surface area contributed by atoms with Gasteiger partial charge in [0, 0.05) is 24.4 Å². The minimum absolute atomic E-state index is 0.00827. The van der Waals surface area contributed by atoms with Gasteiger partial charge in [-0.05, 0) is 12.5 Å². The molecule has 0 radical (unpaired) electrons. The maximum Gasteiger partial charge on any atom is 0.240 e. The quantitative estimate of drug-likeness (QED) is 0.288. The van der Waals surface area contributed by atoms with Gasteiger partial charge >= 0.3 is 0 Å². The van der Waals surface area contributed by atoms with Crippen molar-refractivity contribution in [1.82, 2.24) is 10.4 Å². The van der Waals surface area contributed by atoms with E-state index in [4.69, 9.17) is 0 Å². The van der Waals surface area contributed by atoms with Gasteiger partial charge in [0.2, 0.25) is 5.91 Å². The Morgan fingerprint density at radius 1 is 1.04 bits per heavy atom. The molecule has 0 fully saturated rings. The number of unbranched alkanes of at least 4 members (excludes halogenated alkanes) is 10. The molecule has 1 aromatic heterocycles. The van der Waals surface area contributed by atoms with Crippen LogP contribution in [0.5, 0.6) is 0 Å². The first-order chi connectivity index (χ1) is 11.8. The average Bonchev–Trinajstić information content (AvgIpc) is 2.60. The molecule has 0 saturated carbocycles. The smallest absolute Gasteiger partial charge is 0.240 e. The van der Waals surface area contributed by atoms with Crippen molar-refractivity contribution in [3.8, 4) is 0 Å². The van der Waals surface area contributed by atoms with Gasteiger partial charge in [0.1, 0.15) is 0 Å². The second kappa shape index (κ2) is 14.9. The number of aromatic nitrogens is 1. The Hall–Kier alpha value is -1.71. The van der Waals surface area contributed by atoms with Crippen molar-refractivity contribution in [2.45, 2.75) is 84.0 Å². The third kappa shape index (κ3) is 11.8. The zero-order valence-corrected chi connectivity index (χ0v) is 15.2. The minimum atomic E-state index is -0.00827. The molecule has 0 aromatic carbocycles. The van der Waals surface area contributed by atoms with Crippen molar-refractivity contribution in [3.63, 3.8) is 0 Å². The summed E-state index contributed by atoms with van der Waals surface area (Å²) < 4.78 is 0. The molecule has 1 heterocycles. The Kier molecular flexibility index (Phi) is 12.6.